The van der Waals surface area contributed by atoms with Crippen LogP contribution in [0.5, 0.6) is 0 Å². The number of hydrogen-bond acceptors (Lipinski definition) is 4. The summed E-state index contributed by atoms with van der Waals surface area (Å²) in [6, 6.07) is 8.46. The number of benzene rings is 1. The second kappa shape index (κ2) is 4.60. The molecule has 0 bridgehead atoms. The predicted molar refractivity (Wildman–Crippen MR) is 71.3 cm³/mol. The molecule has 15 heavy (non-hydrogen) atoms. The quantitative estimate of drug-likeness (QED) is 0.638. The van der Waals surface area contributed by atoms with Crippen LogP contribution in [0.1, 0.15) is 5.69 Å². The van der Waals surface area contributed by atoms with Gasteiger partial charge in [-0.25, -0.2) is 4.98 Å². The maximum Gasteiger partial charge on any atom is 0.124 e. The Kier molecular flexibility index (Phi) is 3.38. The van der Waals surface area contributed by atoms with E-state index < -0.39 is 0 Å². The van der Waals surface area contributed by atoms with E-state index in [0.717, 1.165) is 14.9 Å². The zero-order valence-electron chi connectivity index (χ0n) is 8.52. The number of thiazole rings is 1. The molecule has 0 radical (unpaired) electrons. The van der Waals surface area contributed by atoms with Gasteiger partial charge in [0, 0.05) is 10.5 Å². The van der Waals surface area contributed by atoms with Gasteiger partial charge in [0.25, 0.3) is 0 Å². The van der Waals surface area contributed by atoms with Gasteiger partial charge in [-0.1, -0.05) is 12.1 Å². The van der Waals surface area contributed by atoms with E-state index >= 15 is 0 Å². The fourth-order valence-corrected chi connectivity index (χ4v) is 2.78. The van der Waals surface area contributed by atoms with Crippen molar-refractivity contribution in [2.75, 3.05) is 6.26 Å². The van der Waals surface area contributed by atoms with Gasteiger partial charge in [-0.15, -0.1) is 35.7 Å². The Morgan fingerprint density at radius 2 is 1.93 bits per heavy atom. The first-order valence-corrected chi connectivity index (χ1v) is 7.00. The maximum absolute atomic E-state index is 4.47. The van der Waals surface area contributed by atoms with Gasteiger partial charge in [0.05, 0.1) is 9.90 Å². The summed E-state index contributed by atoms with van der Waals surface area (Å²) in [6.45, 7) is 1.98. The number of thiol groups is 1. The lowest BCUT2D eigenvalue weighted by Gasteiger charge is -1.98. The molecule has 0 aliphatic carbocycles. The molecule has 0 atom stereocenters. The highest BCUT2D eigenvalue weighted by atomic mass is 32.2. The van der Waals surface area contributed by atoms with E-state index in [1.807, 2.05) is 6.92 Å². The van der Waals surface area contributed by atoms with Crippen LogP contribution < -0.4 is 0 Å². The Labute approximate surface area is 103 Å². The van der Waals surface area contributed by atoms with Crippen molar-refractivity contribution in [3.05, 3.63) is 30.0 Å². The third-order valence-corrected chi connectivity index (χ3v) is 4.46. The molecule has 0 fully saturated rings. The lowest BCUT2D eigenvalue weighted by Crippen LogP contribution is -1.77. The molecule has 2 rings (SSSR count). The molecule has 0 N–H and O–H groups in total. The lowest BCUT2D eigenvalue weighted by atomic mass is 10.2. The maximum atomic E-state index is 4.47. The summed E-state index contributed by atoms with van der Waals surface area (Å²) < 4.78 is 0.999. The molecular formula is C11H11NS3. The molecule has 78 valence electrons. The van der Waals surface area contributed by atoms with Gasteiger partial charge >= 0.3 is 0 Å². The van der Waals surface area contributed by atoms with E-state index in [4.69, 9.17) is 0 Å². The fourth-order valence-electron chi connectivity index (χ4n) is 1.25. The molecule has 0 unspecified atom stereocenters. The van der Waals surface area contributed by atoms with Crippen molar-refractivity contribution in [3.63, 3.8) is 0 Å². The number of thioether (sulfide) groups is 1. The minimum atomic E-state index is 0.999. The largest absolute Gasteiger partial charge is 0.240 e. The average molecular weight is 253 g/mol. The highest BCUT2D eigenvalue weighted by Crippen LogP contribution is 2.30. The Hall–Kier alpha value is -0.450. The zero-order valence-corrected chi connectivity index (χ0v) is 11.0. The lowest BCUT2D eigenvalue weighted by molar-refractivity contribution is 1.21. The molecule has 4 heteroatoms. The molecule has 1 aromatic heterocycles. The highest BCUT2D eigenvalue weighted by Gasteiger charge is 2.06. The van der Waals surface area contributed by atoms with Crippen molar-refractivity contribution in [3.8, 4) is 10.6 Å². The topological polar surface area (TPSA) is 12.9 Å². The van der Waals surface area contributed by atoms with Crippen molar-refractivity contribution in [1.29, 1.82) is 0 Å². The molecule has 2 aromatic rings. The van der Waals surface area contributed by atoms with Crippen LogP contribution in [0.2, 0.25) is 0 Å². The van der Waals surface area contributed by atoms with Gasteiger partial charge in [0.1, 0.15) is 5.01 Å². The van der Waals surface area contributed by atoms with E-state index in [1.165, 1.54) is 10.5 Å². The molecule has 1 aromatic carbocycles. The molecule has 1 nitrogen and oxygen atoms in total. The predicted octanol–water partition coefficient (Wildman–Crippen LogP) is 4.13. The minimum Gasteiger partial charge on any atom is -0.240 e. The van der Waals surface area contributed by atoms with Gasteiger partial charge in [0.15, 0.2) is 0 Å². The Balaban J connectivity index is 2.37. The Bertz CT molecular complexity index is 440. The van der Waals surface area contributed by atoms with Gasteiger partial charge < -0.3 is 0 Å². The van der Waals surface area contributed by atoms with E-state index in [0.29, 0.717) is 0 Å². The van der Waals surface area contributed by atoms with Crippen LogP contribution in [0.4, 0.5) is 0 Å². The van der Waals surface area contributed by atoms with E-state index in [1.54, 1.807) is 23.1 Å². The van der Waals surface area contributed by atoms with Crippen LogP contribution >= 0.6 is 35.7 Å². The summed E-state index contributed by atoms with van der Waals surface area (Å²) in [5.74, 6) is 0. The molecule has 1 heterocycles. The summed E-state index contributed by atoms with van der Waals surface area (Å²) in [5.41, 5.74) is 2.17. The molecule has 0 saturated carbocycles. The van der Waals surface area contributed by atoms with Crippen LogP contribution in [0, 0.1) is 6.92 Å². The highest BCUT2D eigenvalue weighted by molar-refractivity contribution is 7.98. The third kappa shape index (κ3) is 2.38. The standard InChI is InChI=1S/C11H11NS3/c1-7-11(13)15-10(12-7)8-3-5-9(14-2)6-4-8/h3-6,13H,1-2H3. The SMILES string of the molecule is CSc1ccc(-c2nc(C)c(S)s2)cc1. The van der Waals surface area contributed by atoms with Crippen molar-refractivity contribution in [2.45, 2.75) is 16.0 Å². The number of aryl methyl sites for hydroxylation is 1. The Morgan fingerprint density at radius 1 is 1.27 bits per heavy atom. The summed E-state index contributed by atoms with van der Waals surface area (Å²) in [7, 11) is 0. The van der Waals surface area contributed by atoms with E-state index in [-0.39, 0.29) is 0 Å². The first-order valence-electron chi connectivity index (χ1n) is 4.51. The Morgan fingerprint density at radius 3 is 2.40 bits per heavy atom. The second-order valence-electron chi connectivity index (χ2n) is 3.14. The minimum absolute atomic E-state index is 0.999. The van der Waals surface area contributed by atoms with Crippen LogP contribution in [0.15, 0.2) is 33.4 Å². The van der Waals surface area contributed by atoms with Gasteiger partial charge in [0.2, 0.25) is 0 Å². The average Bonchev–Trinajstić information content (AvgIpc) is 2.59. The van der Waals surface area contributed by atoms with Gasteiger partial charge in [-0.3, -0.25) is 0 Å². The first-order chi connectivity index (χ1) is 7.20. The number of aromatic nitrogens is 1. The van der Waals surface area contributed by atoms with Crippen LogP contribution in [0.3, 0.4) is 0 Å². The number of nitrogens with zero attached hydrogens (tertiary/aromatic N) is 1. The number of hydrogen-bond donors (Lipinski definition) is 1. The van der Waals surface area contributed by atoms with Crippen LogP contribution in [0.25, 0.3) is 10.6 Å². The third-order valence-electron chi connectivity index (χ3n) is 2.11. The van der Waals surface area contributed by atoms with Crippen molar-refractivity contribution >= 4 is 35.7 Å². The fraction of sp³-hybridized carbons (Fsp3) is 0.182. The summed E-state index contributed by atoms with van der Waals surface area (Å²) in [6.07, 6.45) is 2.08. The van der Waals surface area contributed by atoms with Crippen LogP contribution in [-0.4, -0.2) is 11.2 Å². The summed E-state index contributed by atoms with van der Waals surface area (Å²) >= 11 is 7.74. The monoisotopic (exact) mass is 253 g/mol. The summed E-state index contributed by atoms with van der Waals surface area (Å²) in [4.78, 5) is 5.75. The smallest absolute Gasteiger partial charge is 0.124 e. The van der Waals surface area contributed by atoms with Crippen LogP contribution in [-0.2, 0) is 0 Å². The molecule has 0 spiro atoms. The molecule has 0 aliphatic rings. The van der Waals surface area contributed by atoms with E-state index in [2.05, 4.69) is 48.1 Å². The molecule has 0 aliphatic heterocycles. The normalized spacial score (nSPS) is 10.6. The molecule has 0 saturated heterocycles. The van der Waals surface area contributed by atoms with Gasteiger partial charge in [-0.2, -0.15) is 0 Å². The zero-order chi connectivity index (χ0) is 10.8. The van der Waals surface area contributed by atoms with Crippen molar-refractivity contribution in [2.24, 2.45) is 0 Å². The van der Waals surface area contributed by atoms with Gasteiger partial charge in [-0.05, 0) is 25.3 Å². The van der Waals surface area contributed by atoms with E-state index in [9.17, 15) is 0 Å². The molecule has 0 amide bonds. The first kappa shape index (κ1) is 11.0. The number of rotatable bonds is 2. The molecular weight excluding hydrogens is 242 g/mol. The second-order valence-corrected chi connectivity index (χ2v) is 5.77. The van der Waals surface area contributed by atoms with Crippen molar-refractivity contribution in [1.82, 2.24) is 4.98 Å². The van der Waals surface area contributed by atoms with Crippen molar-refractivity contribution < 1.29 is 0 Å². The summed E-state index contributed by atoms with van der Waals surface area (Å²) in [5, 5.41) is 1.05.